The molecule has 0 aromatic heterocycles. The van der Waals surface area contributed by atoms with Crippen LogP contribution in [0.4, 0.5) is 0 Å². The van der Waals surface area contributed by atoms with Crippen LogP contribution >= 0.6 is 0 Å². The zero-order valence-electron chi connectivity index (χ0n) is 12.3. The number of aryl methyl sites for hydroxylation is 1. The van der Waals surface area contributed by atoms with Crippen molar-refractivity contribution in [2.45, 2.75) is 17.9 Å². The van der Waals surface area contributed by atoms with Crippen molar-refractivity contribution in [1.29, 1.82) is 0 Å². The van der Waals surface area contributed by atoms with Crippen LogP contribution in [0.2, 0.25) is 0 Å². The Bertz CT molecular complexity index is 712. The molecule has 1 atom stereocenters. The molecule has 0 unspecified atom stereocenters. The van der Waals surface area contributed by atoms with Crippen molar-refractivity contribution in [1.82, 2.24) is 4.90 Å². The zero-order chi connectivity index (χ0) is 16.5. The fourth-order valence-electron chi connectivity index (χ4n) is 2.22. The third-order valence-electron chi connectivity index (χ3n) is 3.50. The lowest BCUT2D eigenvalue weighted by molar-refractivity contribution is -0.154. The summed E-state index contributed by atoms with van der Waals surface area (Å²) in [4.78, 5) is 25.0. The van der Waals surface area contributed by atoms with Gasteiger partial charge < -0.3 is 14.7 Å². The Balaban J connectivity index is 2.31. The first-order valence-electron chi connectivity index (χ1n) is 6.64. The summed E-state index contributed by atoms with van der Waals surface area (Å²) in [5.41, 5.74) is 0.893. The highest BCUT2D eigenvalue weighted by Gasteiger charge is 2.30. The number of nitrogens with zero attached hydrogens (tertiary/aromatic N) is 1. The van der Waals surface area contributed by atoms with E-state index in [-0.39, 0.29) is 30.2 Å². The highest BCUT2D eigenvalue weighted by molar-refractivity contribution is 7.90. The lowest BCUT2D eigenvalue weighted by atomic mass is 10.1. The molecule has 8 heteroatoms. The number of aliphatic carboxylic acids is 1. The van der Waals surface area contributed by atoms with Crippen molar-refractivity contribution in [2.24, 2.45) is 0 Å². The molecule has 1 N–H and O–H groups in total. The van der Waals surface area contributed by atoms with Crippen molar-refractivity contribution in [3.05, 3.63) is 29.3 Å². The maximum Gasteiger partial charge on any atom is 0.334 e. The highest BCUT2D eigenvalue weighted by Crippen LogP contribution is 2.19. The number of carbonyl (C=O) groups excluding carboxylic acids is 1. The number of carboxylic acids is 1. The summed E-state index contributed by atoms with van der Waals surface area (Å²) in [7, 11) is -3.42. The Morgan fingerprint density at radius 3 is 2.64 bits per heavy atom. The molecule has 1 amide bonds. The van der Waals surface area contributed by atoms with Crippen LogP contribution in [0.5, 0.6) is 0 Å². The van der Waals surface area contributed by atoms with Gasteiger partial charge in [0.1, 0.15) is 0 Å². The topological polar surface area (TPSA) is 101 Å². The number of hydrogen-bond donors (Lipinski definition) is 1. The first kappa shape index (κ1) is 16.4. The quantitative estimate of drug-likeness (QED) is 0.858. The minimum absolute atomic E-state index is 0.0588. The van der Waals surface area contributed by atoms with Gasteiger partial charge in [-0.15, -0.1) is 0 Å². The molecule has 0 radical (unpaired) electrons. The van der Waals surface area contributed by atoms with Gasteiger partial charge in [0.15, 0.2) is 15.9 Å². The maximum absolute atomic E-state index is 12.6. The van der Waals surface area contributed by atoms with E-state index in [1.807, 2.05) is 0 Å². The number of rotatable bonds is 3. The summed E-state index contributed by atoms with van der Waals surface area (Å²) in [5.74, 6) is -1.52. The number of amides is 1. The van der Waals surface area contributed by atoms with Crippen LogP contribution in [0.3, 0.4) is 0 Å². The largest absolute Gasteiger partial charge is 0.479 e. The first-order valence-corrected chi connectivity index (χ1v) is 8.53. The fourth-order valence-corrected chi connectivity index (χ4v) is 2.86. The van der Waals surface area contributed by atoms with Gasteiger partial charge in [0.05, 0.1) is 18.0 Å². The molecule has 0 aliphatic carbocycles. The van der Waals surface area contributed by atoms with Gasteiger partial charge in [-0.1, -0.05) is 6.07 Å². The zero-order valence-corrected chi connectivity index (χ0v) is 13.1. The van der Waals surface area contributed by atoms with E-state index in [0.717, 1.165) is 6.26 Å². The molecule has 120 valence electrons. The van der Waals surface area contributed by atoms with Crippen LogP contribution in [0.1, 0.15) is 15.9 Å². The van der Waals surface area contributed by atoms with Crippen LogP contribution in [-0.4, -0.2) is 62.4 Å². The molecule has 0 saturated carbocycles. The molecule has 1 aliphatic heterocycles. The minimum atomic E-state index is -3.42. The molecule has 22 heavy (non-hydrogen) atoms. The Hall–Kier alpha value is -1.93. The summed E-state index contributed by atoms with van der Waals surface area (Å²) in [6.45, 7) is 2.05. The van der Waals surface area contributed by atoms with Gasteiger partial charge in [-0.05, 0) is 24.6 Å². The van der Waals surface area contributed by atoms with Gasteiger partial charge in [-0.2, -0.15) is 0 Å². The summed E-state index contributed by atoms with van der Waals surface area (Å²) < 4.78 is 28.3. The number of morpholine rings is 1. The lowest BCUT2D eigenvalue weighted by Gasteiger charge is -2.31. The van der Waals surface area contributed by atoms with E-state index in [1.54, 1.807) is 13.0 Å². The van der Waals surface area contributed by atoms with Crippen LogP contribution in [-0.2, 0) is 19.4 Å². The second-order valence-electron chi connectivity index (χ2n) is 5.20. The van der Waals surface area contributed by atoms with E-state index in [9.17, 15) is 18.0 Å². The van der Waals surface area contributed by atoms with Crippen LogP contribution in [0.25, 0.3) is 0 Å². The van der Waals surface area contributed by atoms with Crippen molar-refractivity contribution in [2.75, 3.05) is 26.0 Å². The molecule has 0 spiro atoms. The van der Waals surface area contributed by atoms with Gasteiger partial charge in [0.2, 0.25) is 0 Å². The number of carbonyl (C=O) groups is 2. The van der Waals surface area contributed by atoms with Gasteiger partial charge in [0.25, 0.3) is 5.91 Å². The average Bonchev–Trinajstić information content (AvgIpc) is 2.46. The number of sulfone groups is 1. The molecule has 1 fully saturated rings. The van der Waals surface area contributed by atoms with Gasteiger partial charge in [-0.25, -0.2) is 13.2 Å². The fraction of sp³-hybridized carbons (Fsp3) is 0.429. The van der Waals surface area contributed by atoms with Crippen LogP contribution < -0.4 is 0 Å². The van der Waals surface area contributed by atoms with Gasteiger partial charge in [0, 0.05) is 18.4 Å². The van der Waals surface area contributed by atoms with Crippen molar-refractivity contribution in [3.8, 4) is 0 Å². The summed E-state index contributed by atoms with van der Waals surface area (Å²) in [6, 6.07) is 4.35. The molecular weight excluding hydrogens is 310 g/mol. The molecule has 1 heterocycles. The van der Waals surface area contributed by atoms with Crippen molar-refractivity contribution >= 4 is 21.7 Å². The monoisotopic (exact) mass is 327 g/mol. The number of hydrogen-bond acceptors (Lipinski definition) is 5. The Morgan fingerprint density at radius 2 is 2.05 bits per heavy atom. The third kappa shape index (κ3) is 3.45. The number of ether oxygens (including phenoxy) is 1. The van der Waals surface area contributed by atoms with Gasteiger partial charge >= 0.3 is 5.97 Å². The van der Waals surface area contributed by atoms with E-state index in [1.165, 1.54) is 17.0 Å². The smallest absolute Gasteiger partial charge is 0.334 e. The van der Waals surface area contributed by atoms with Crippen molar-refractivity contribution in [3.63, 3.8) is 0 Å². The molecule has 1 aliphatic rings. The Morgan fingerprint density at radius 1 is 1.36 bits per heavy atom. The molecular formula is C14H17NO6S. The predicted octanol–water partition coefficient (Wildman–Crippen LogP) is 0.324. The summed E-state index contributed by atoms with van der Waals surface area (Å²) in [6.07, 6.45) is 0.0114. The van der Waals surface area contributed by atoms with Gasteiger partial charge in [-0.3, -0.25) is 4.79 Å². The van der Waals surface area contributed by atoms with E-state index in [4.69, 9.17) is 9.84 Å². The Kier molecular flexibility index (Phi) is 4.52. The standard InChI is InChI=1S/C14H17NO6S/c1-9-3-4-10(22(2,19)20)7-11(9)13(16)15-5-6-21-12(8-15)14(17)18/h3-4,7,12H,5-6,8H2,1-2H3,(H,17,18)/t12-/m0/s1. The minimum Gasteiger partial charge on any atom is -0.479 e. The van der Waals surface area contributed by atoms with E-state index in [2.05, 4.69) is 0 Å². The normalized spacial score (nSPS) is 19.0. The van der Waals surface area contributed by atoms with Crippen LogP contribution in [0, 0.1) is 6.92 Å². The molecule has 1 aromatic carbocycles. The summed E-state index contributed by atoms with van der Waals surface area (Å²) >= 11 is 0. The molecule has 2 rings (SSSR count). The maximum atomic E-state index is 12.6. The lowest BCUT2D eigenvalue weighted by Crippen LogP contribution is -2.48. The third-order valence-corrected chi connectivity index (χ3v) is 4.61. The van der Waals surface area contributed by atoms with E-state index < -0.39 is 27.8 Å². The highest BCUT2D eigenvalue weighted by atomic mass is 32.2. The molecule has 1 aromatic rings. The SMILES string of the molecule is Cc1ccc(S(C)(=O)=O)cc1C(=O)N1CCO[C@H](C(=O)O)C1. The second kappa shape index (κ2) is 6.05. The molecule has 7 nitrogen and oxygen atoms in total. The molecule has 0 bridgehead atoms. The predicted molar refractivity (Wildman–Crippen MR) is 77.6 cm³/mol. The van der Waals surface area contributed by atoms with Crippen molar-refractivity contribution < 1.29 is 27.9 Å². The van der Waals surface area contributed by atoms with Crippen LogP contribution in [0.15, 0.2) is 23.1 Å². The van der Waals surface area contributed by atoms with E-state index >= 15 is 0 Å². The summed E-state index contributed by atoms with van der Waals surface area (Å²) in [5, 5.41) is 8.97. The van der Waals surface area contributed by atoms with E-state index in [0.29, 0.717) is 5.56 Å². The molecule has 1 saturated heterocycles. The Labute approximate surface area is 128 Å². The average molecular weight is 327 g/mol. The number of benzene rings is 1. The first-order chi connectivity index (χ1) is 10.2. The number of carboxylic acid groups (broad SMARTS) is 1. The second-order valence-corrected chi connectivity index (χ2v) is 7.21.